The third kappa shape index (κ3) is 12.0. The van der Waals surface area contributed by atoms with Crippen molar-refractivity contribution in [2.24, 2.45) is 0 Å². The molecule has 0 aliphatic carbocycles. The molecule has 0 rings (SSSR count). The summed E-state index contributed by atoms with van der Waals surface area (Å²) in [4.78, 5) is 10.3. The van der Waals surface area contributed by atoms with Crippen molar-refractivity contribution < 1.29 is 24.3 Å². The van der Waals surface area contributed by atoms with Gasteiger partial charge in [-0.3, -0.25) is 4.79 Å². The first kappa shape index (κ1) is 12.4. The van der Waals surface area contributed by atoms with Crippen LogP contribution in [-0.2, 0) is 24.3 Å². The molecule has 0 saturated carbocycles. The van der Waals surface area contributed by atoms with Gasteiger partial charge in [0.1, 0.15) is 5.52 Å². The summed E-state index contributed by atoms with van der Waals surface area (Å²) in [7, 11) is 2.19. The van der Waals surface area contributed by atoms with Crippen LogP contribution >= 0.6 is 9.24 Å². The van der Waals surface area contributed by atoms with Gasteiger partial charge in [-0.2, -0.15) is 0 Å². The summed E-state index contributed by atoms with van der Waals surface area (Å²) in [5.74, 6) is 0. The first-order valence-electron chi connectivity index (χ1n) is 3.05. The Morgan fingerprint density at radius 2 is 2.00 bits per heavy atom. The van der Waals surface area contributed by atoms with E-state index in [4.69, 9.17) is 0 Å². The maximum absolute atomic E-state index is 10.3. The molecule has 1 unspecified atom stereocenters. The number of hydrogen-bond acceptors (Lipinski definition) is 1. The van der Waals surface area contributed by atoms with Crippen molar-refractivity contribution in [1.82, 2.24) is 0 Å². The molecule has 0 amide bonds. The van der Waals surface area contributed by atoms with Crippen LogP contribution in [0.1, 0.15) is 32.6 Å². The first-order chi connectivity index (χ1) is 3.77. The molecule has 0 heterocycles. The smallest absolute Gasteiger partial charge is 0.148 e. The van der Waals surface area contributed by atoms with Crippen molar-refractivity contribution in [2.45, 2.75) is 32.6 Å². The summed E-state index contributed by atoms with van der Waals surface area (Å²) in [6.45, 7) is 2.13. The minimum Gasteiger partial charge on any atom is -0.295 e. The Labute approximate surface area is 71.9 Å². The molecule has 0 aromatic carbocycles. The fourth-order valence-electron chi connectivity index (χ4n) is 0.549. The second-order valence-electron chi connectivity index (χ2n) is 1.92. The van der Waals surface area contributed by atoms with Crippen molar-refractivity contribution in [2.75, 3.05) is 0 Å². The molecule has 0 aliphatic heterocycles. The normalized spacial score (nSPS) is 8.22. The van der Waals surface area contributed by atoms with Crippen LogP contribution < -0.4 is 0 Å². The van der Waals surface area contributed by atoms with E-state index in [1.165, 1.54) is 12.8 Å². The SMILES string of the molecule is CCCCCC(=O)P.[Rh]. The first-order valence-corrected chi connectivity index (χ1v) is 3.63. The Balaban J connectivity index is 0. The van der Waals surface area contributed by atoms with Crippen molar-refractivity contribution in [3.8, 4) is 0 Å². The molecule has 0 saturated heterocycles. The number of unbranched alkanes of at least 4 members (excludes halogenated alkanes) is 2. The van der Waals surface area contributed by atoms with Gasteiger partial charge in [-0.05, 0) is 6.42 Å². The molecule has 57 valence electrons. The van der Waals surface area contributed by atoms with Crippen molar-refractivity contribution >= 4 is 14.8 Å². The van der Waals surface area contributed by atoms with Gasteiger partial charge in [0, 0.05) is 25.9 Å². The topological polar surface area (TPSA) is 17.1 Å². The fourth-order valence-corrected chi connectivity index (χ4v) is 0.753. The third-order valence-corrected chi connectivity index (χ3v) is 1.32. The van der Waals surface area contributed by atoms with E-state index in [2.05, 4.69) is 16.2 Å². The summed E-state index contributed by atoms with van der Waals surface area (Å²) in [5, 5.41) is 0. The maximum atomic E-state index is 10.3. The molecule has 0 fully saturated rings. The predicted molar refractivity (Wildman–Crippen MR) is 38.9 cm³/mol. The Bertz CT molecular complexity index is 75.5. The Kier molecular flexibility index (Phi) is 12.0. The molecular weight excluding hydrogens is 222 g/mol. The molecular formula is C6H13OPRh. The largest absolute Gasteiger partial charge is 0.295 e. The van der Waals surface area contributed by atoms with Crippen LogP contribution in [0.15, 0.2) is 0 Å². The number of carbonyl (C=O) groups is 1. The Morgan fingerprint density at radius 3 is 2.33 bits per heavy atom. The van der Waals surface area contributed by atoms with Gasteiger partial charge < -0.3 is 0 Å². The second-order valence-corrected chi connectivity index (χ2v) is 2.57. The molecule has 0 aromatic rings. The van der Waals surface area contributed by atoms with Gasteiger partial charge in [-0.1, -0.05) is 29.0 Å². The monoisotopic (exact) mass is 235 g/mol. The quantitative estimate of drug-likeness (QED) is 0.413. The average Bonchev–Trinajstić information content (AvgIpc) is 1.66. The van der Waals surface area contributed by atoms with E-state index in [-0.39, 0.29) is 25.0 Å². The summed E-state index contributed by atoms with van der Waals surface area (Å²) in [6.07, 6.45) is 4.16. The summed E-state index contributed by atoms with van der Waals surface area (Å²) >= 11 is 0. The van der Waals surface area contributed by atoms with Crippen molar-refractivity contribution in [3.63, 3.8) is 0 Å². The second kappa shape index (κ2) is 8.72. The van der Waals surface area contributed by atoms with Crippen LogP contribution in [0, 0.1) is 0 Å². The van der Waals surface area contributed by atoms with Gasteiger partial charge in [0.25, 0.3) is 0 Å². The molecule has 0 N–H and O–H groups in total. The van der Waals surface area contributed by atoms with Crippen molar-refractivity contribution in [1.29, 1.82) is 0 Å². The molecule has 3 heteroatoms. The zero-order chi connectivity index (χ0) is 6.41. The van der Waals surface area contributed by atoms with E-state index >= 15 is 0 Å². The van der Waals surface area contributed by atoms with Gasteiger partial charge in [0.2, 0.25) is 0 Å². The fraction of sp³-hybridized carbons (Fsp3) is 0.833. The third-order valence-electron chi connectivity index (χ3n) is 1.03. The van der Waals surface area contributed by atoms with Crippen LogP contribution in [0.2, 0.25) is 0 Å². The molecule has 0 aromatic heterocycles. The van der Waals surface area contributed by atoms with E-state index < -0.39 is 0 Å². The number of carbonyl (C=O) groups excluding carboxylic acids is 1. The number of hydrogen-bond donors (Lipinski definition) is 0. The minimum atomic E-state index is 0. The van der Waals surface area contributed by atoms with Crippen LogP contribution in [-0.4, -0.2) is 5.52 Å². The van der Waals surface area contributed by atoms with E-state index in [9.17, 15) is 4.79 Å². The number of rotatable bonds is 4. The van der Waals surface area contributed by atoms with E-state index in [1.807, 2.05) is 0 Å². The summed E-state index contributed by atoms with van der Waals surface area (Å²) in [6, 6.07) is 0. The van der Waals surface area contributed by atoms with Gasteiger partial charge >= 0.3 is 0 Å². The van der Waals surface area contributed by atoms with Crippen LogP contribution in [0.4, 0.5) is 0 Å². The molecule has 1 atom stereocenters. The Hall–Kier alpha value is 0.723. The zero-order valence-electron chi connectivity index (χ0n) is 5.65. The Morgan fingerprint density at radius 1 is 1.44 bits per heavy atom. The standard InChI is InChI=1S/C6H13OP.Rh/c1-2-3-4-5-6(7)8;/h2-5,8H2,1H3;. The minimum absolute atomic E-state index is 0. The van der Waals surface area contributed by atoms with Gasteiger partial charge in [-0.25, -0.2) is 0 Å². The van der Waals surface area contributed by atoms with Gasteiger partial charge in [0.15, 0.2) is 0 Å². The van der Waals surface area contributed by atoms with Crippen LogP contribution in [0.3, 0.4) is 0 Å². The predicted octanol–water partition coefficient (Wildman–Crippen LogP) is 1.97. The van der Waals surface area contributed by atoms with Crippen molar-refractivity contribution in [3.05, 3.63) is 0 Å². The van der Waals surface area contributed by atoms with Crippen LogP contribution in [0.5, 0.6) is 0 Å². The molecule has 0 spiro atoms. The molecule has 1 radical (unpaired) electrons. The van der Waals surface area contributed by atoms with Gasteiger partial charge in [0.05, 0.1) is 0 Å². The summed E-state index contributed by atoms with van der Waals surface area (Å²) in [5.41, 5.74) is 0.235. The van der Waals surface area contributed by atoms with E-state index in [1.54, 1.807) is 0 Å². The summed E-state index contributed by atoms with van der Waals surface area (Å²) < 4.78 is 0. The molecule has 0 aliphatic rings. The maximum Gasteiger partial charge on any atom is 0.148 e. The van der Waals surface area contributed by atoms with Gasteiger partial charge in [-0.15, -0.1) is 0 Å². The zero-order valence-corrected chi connectivity index (χ0v) is 8.44. The molecule has 1 nitrogen and oxygen atoms in total. The average molecular weight is 235 g/mol. The van der Waals surface area contributed by atoms with Crippen LogP contribution in [0.25, 0.3) is 0 Å². The van der Waals surface area contributed by atoms with E-state index in [0.29, 0.717) is 0 Å². The molecule has 0 bridgehead atoms. The molecule has 9 heavy (non-hydrogen) atoms. The van der Waals surface area contributed by atoms with E-state index in [0.717, 1.165) is 12.8 Å².